The zero-order valence-electron chi connectivity index (χ0n) is 27.6. The summed E-state index contributed by atoms with van der Waals surface area (Å²) in [7, 11) is 0. The average molecular weight is 654 g/mol. The first-order valence-electron chi connectivity index (χ1n) is 17.3. The summed E-state index contributed by atoms with van der Waals surface area (Å²) in [5.74, 6) is 1.45. The number of hydrogen-bond acceptors (Lipinski definition) is 4. The molecule has 1 N–H and O–H groups in total. The maximum absolute atomic E-state index is 6.67. The van der Waals surface area contributed by atoms with Crippen molar-refractivity contribution in [1.82, 2.24) is 5.32 Å². The number of hydrogen-bond donors (Lipinski definition) is 1. The Morgan fingerprint density at radius 2 is 1.10 bits per heavy atom. The monoisotopic (exact) mass is 653 g/mol. The van der Waals surface area contributed by atoms with Gasteiger partial charge < -0.3 is 9.73 Å². The van der Waals surface area contributed by atoms with E-state index in [0.717, 1.165) is 55.6 Å². The number of aliphatic imine (C=N–C) groups is 2. The summed E-state index contributed by atoms with van der Waals surface area (Å²) >= 11 is 0. The highest BCUT2D eigenvalue weighted by Gasteiger charge is 2.25. The molecular weight excluding hydrogens is 623 g/mol. The van der Waals surface area contributed by atoms with Crippen LogP contribution in [-0.2, 0) is 0 Å². The molecule has 8 aromatic carbocycles. The predicted molar refractivity (Wildman–Crippen MR) is 211 cm³/mol. The van der Waals surface area contributed by atoms with E-state index >= 15 is 0 Å². The standard InChI is InChI=1S/C47H31N3O/c1-3-11-30(12-4-1)31-19-21-33(22-20-31)39-27-28-41(43-40-17-9-10-18-42(40)51-44(39)43)47-49-45(34-14-5-2-6-15-34)48-46(50-47)36-25-26-38-35(29-36)24-23-32-13-7-8-16-37(32)38/h1-29,46H,(H,48,49,50). The van der Waals surface area contributed by atoms with Crippen LogP contribution in [0, 0.1) is 0 Å². The van der Waals surface area contributed by atoms with Crippen LogP contribution in [0.2, 0.25) is 0 Å². The average Bonchev–Trinajstić information content (AvgIpc) is 3.61. The fraction of sp³-hybridized carbons (Fsp3) is 0.0213. The first kappa shape index (κ1) is 29.2. The quantitative estimate of drug-likeness (QED) is 0.188. The molecule has 10 rings (SSSR count). The second-order valence-corrected chi connectivity index (χ2v) is 13.0. The van der Waals surface area contributed by atoms with Crippen molar-refractivity contribution in [3.8, 4) is 22.3 Å². The van der Waals surface area contributed by atoms with Gasteiger partial charge in [0.05, 0.1) is 0 Å². The summed E-state index contributed by atoms with van der Waals surface area (Å²) in [4.78, 5) is 10.5. The van der Waals surface area contributed by atoms with E-state index in [0.29, 0.717) is 5.84 Å². The fourth-order valence-corrected chi connectivity index (χ4v) is 7.40. The lowest BCUT2D eigenvalue weighted by Crippen LogP contribution is -2.33. The number of benzene rings is 8. The van der Waals surface area contributed by atoms with Crippen molar-refractivity contribution in [3.63, 3.8) is 0 Å². The lowest BCUT2D eigenvalue weighted by molar-refractivity contribution is 0.669. The van der Waals surface area contributed by atoms with E-state index < -0.39 is 0 Å². The van der Waals surface area contributed by atoms with Gasteiger partial charge in [0.2, 0.25) is 0 Å². The third-order valence-electron chi connectivity index (χ3n) is 9.94. The van der Waals surface area contributed by atoms with Crippen molar-refractivity contribution in [3.05, 3.63) is 193 Å². The molecule has 0 spiro atoms. The minimum absolute atomic E-state index is 0.345. The molecule has 0 amide bonds. The van der Waals surface area contributed by atoms with Crippen molar-refractivity contribution in [2.75, 3.05) is 0 Å². The van der Waals surface area contributed by atoms with Gasteiger partial charge in [-0.05, 0) is 68.1 Å². The van der Waals surface area contributed by atoms with Crippen LogP contribution in [-0.4, -0.2) is 11.7 Å². The lowest BCUT2D eigenvalue weighted by atomic mass is 9.96. The fourth-order valence-electron chi connectivity index (χ4n) is 7.40. The van der Waals surface area contributed by atoms with Crippen LogP contribution in [0.5, 0.6) is 0 Å². The minimum Gasteiger partial charge on any atom is -0.455 e. The molecule has 1 atom stereocenters. The first-order chi connectivity index (χ1) is 25.3. The van der Waals surface area contributed by atoms with Crippen LogP contribution in [0.1, 0.15) is 22.9 Å². The largest absolute Gasteiger partial charge is 0.455 e. The Balaban J connectivity index is 1.14. The molecule has 2 heterocycles. The lowest BCUT2D eigenvalue weighted by Gasteiger charge is -2.24. The Morgan fingerprint density at radius 1 is 0.471 bits per heavy atom. The third-order valence-corrected chi connectivity index (χ3v) is 9.94. The number of furan rings is 1. The van der Waals surface area contributed by atoms with E-state index in [1.165, 1.54) is 32.7 Å². The van der Waals surface area contributed by atoms with Gasteiger partial charge in [0.15, 0.2) is 5.84 Å². The normalized spacial score (nSPS) is 14.5. The second kappa shape index (κ2) is 12.0. The van der Waals surface area contributed by atoms with Gasteiger partial charge >= 0.3 is 0 Å². The molecule has 0 bridgehead atoms. The zero-order valence-corrected chi connectivity index (χ0v) is 27.6. The van der Waals surface area contributed by atoms with Crippen molar-refractivity contribution >= 4 is 55.2 Å². The molecule has 1 aliphatic rings. The van der Waals surface area contributed by atoms with Crippen molar-refractivity contribution in [2.45, 2.75) is 6.17 Å². The number of nitrogens with zero attached hydrogens (tertiary/aromatic N) is 2. The van der Waals surface area contributed by atoms with Gasteiger partial charge in [0.1, 0.15) is 23.2 Å². The van der Waals surface area contributed by atoms with Crippen LogP contribution >= 0.6 is 0 Å². The van der Waals surface area contributed by atoms with E-state index in [1.54, 1.807) is 0 Å². The van der Waals surface area contributed by atoms with Gasteiger partial charge in [0, 0.05) is 27.5 Å². The van der Waals surface area contributed by atoms with E-state index in [9.17, 15) is 0 Å². The van der Waals surface area contributed by atoms with Gasteiger partial charge in [0.25, 0.3) is 0 Å². The van der Waals surface area contributed by atoms with Crippen LogP contribution < -0.4 is 5.32 Å². The maximum Gasteiger partial charge on any atom is 0.160 e. The van der Waals surface area contributed by atoms with E-state index in [2.05, 4.69) is 145 Å². The Bertz CT molecular complexity index is 2820. The van der Waals surface area contributed by atoms with Crippen LogP contribution in [0.3, 0.4) is 0 Å². The summed E-state index contributed by atoms with van der Waals surface area (Å²) in [5.41, 5.74) is 9.17. The van der Waals surface area contributed by atoms with Crippen LogP contribution in [0.25, 0.3) is 65.7 Å². The molecule has 4 nitrogen and oxygen atoms in total. The summed E-state index contributed by atoms with van der Waals surface area (Å²) in [5, 5.41) is 10.6. The highest BCUT2D eigenvalue weighted by atomic mass is 16.3. The van der Waals surface area contributed by atoms with E-state index in [4.69, 9.17) is 14.4 Å². The molecule has 51 heavy (non-hydrogen) atoms. The number of fused-ring (bicyclic) bond motifs is 6. The van der Waals surface area contributed by atoms with Gasteiger partial charge in [-0.15, -0.1) is 0 Å². The first-order valence-corrected chi connectivity index (χ1v) is 17.3. The van der Waals surface area contributed by atoms with Crippen molar-refractivity contribution in [2.24, 2.45) is 9.98 Å². The van der Waals surface area contributed by atoms with Crippen molar-refractivity contribution in [1.29, 1.82) is 0 Å². The van der Waals surface area contributed by atoms with Gasteiger partial charge in [-0.2, -0.15) is 0 Å². The van der Waals surface area contributed by atoms with E-state index in [1.807, 2.05) is 36.4 Å². The SMILES string of the molecule is c1ccc(C2=NC(c3ccc(-c4ccc(-c5ccccc5)cc4)c4oc5ccccc5c34)=NC(c3ccc4c(ccc5ccccc54)c3)N2)cc1. The molecular formula is C47H31N3O. The Hall–Kier alpha value is -6.78. The third kappa shape index (κ3) is 5.08. The number of nitrogens with one attached hydrogen (secondary N) is 1. The molecule has 0 fully saturated rings. The Labute approximate surface area is 295 Å². The summed E-state index contributed by atoms with van der Waals surface area (Å²) in [6.45, 7) is 0. The molecule has 0 aliphatic carbocycles. The Morgan fingerprint density at radius 3 is 1.92 bits per heavy atom. The summed E-state index contributed by atoms with van der Waals surface area (Å²) < 4.78 is 6.67. The topological polar surface area (TPSA) is 49.9 Å². The Kier molecular flexibility index (Phi) is 6.85. The highest BCUT2D eigenvalue weighted by Crippen LogP contribution is 2.40. The number of para-hydroxylation sites is 1. The molecule has 240 valence electrons. The summed E-state index contributed by atoms with van der Waals surface area (Å²) in [6, 6.07) is 61.6. The maximum atomic E-state index is 6.67. The molecule has 4 heteroatoms. The molecule has 0 radical (unpaired) electrons. The minimum atomic E-state index is -0.345. The molecule has 9 aromatic rings. The number of amidine groups is 2. The molecule has 0 saturated carbocycles. The molecule has 1 aliphatic heterocycles. The van der Waals surface area contributed by atoms with Crippen LogP contribution in [0.4, 0.5) is 0 Å². The van der Waals surface area contributed by atoms with Gasteiger partial charge in [-0.1, -0.05) is 152 Å². The molecule has 1 aromatic heterocycles. The zero-order chi connectivity index (χ0) is 33.7. The number of rotatable bonds is 5. The smallest absolute Gasteiger partial charge is 0.160 e. The predicted octanol–water partition coefficient (Wildman–Crippen LogP) is 11.7. The summed E-state index contributed by atoms with van der Waals surface area (Å²) in [6.07, 6.45) is -0.345. The molecule has 0 saturated heterocycles. The van der Waals surface area contributed by atoms with Crippen molar-refractivity contribution < 1.29 is 4.42 Å². The van der Waals surface area contributed by atoms with Gasteiger partial charge in [-0.25, -0.2) is 9.98 Å². The van der Waals surface area contributed by atoms with Gasteiger partial charge in [-0.3, -0.25) is 0 Å². The highest BCUT2D eigenvalue weighted by molar-refractivity contribution is 6.23. The van der Waals surface area contributed by atoms with Crippen LogP contribution in [0.15, 0.2) is 190 Å². The van der Waals surface area contributed by atoms with E-state index in [-0.39, 0.29) is 6.17 Å². The second-order valence-electron chi connectivity index (χ2n) is 13.0. The molecule has 1 unspecified atom stereocenters.